The van der Waals surface area contributed by atoms with Crippen LogP contribution in [0.3, 0.4) is 0 Å². The average Bonchev–Trinajstić information content (AvgIpc) is 2.42. The number of carboxylic acid groups (broad SMARTS) is 1. The van der Waals surface area contributed by atoms with Crippen LogP contribution in [0.5, 0.6) is 0 Å². The lowest BCUT2D eigenvalue weighted by molar-refractivity contribution is -0.137. The summed E-state index contributed by atoms with van der Waals surface area (Å²) in [6.45, 7) is 0. The van der Waals surface area contributed by atoms with Gasteiger partial charge in [0.25, 0.3) is 5.91 Å². The highest BCUT2D eigenvalue weighted by Crippen LogP contribution is 2.05. The van der Waals surface area contributed by atoms with E-state index in [4.69, 9.17) is 16.1 Å². The number of carbonyl (C=O) groups is 3. The van der Waals surface area contributed by atoms with Crippen LogP contribution in [-0.2, 0) is 9.59 Å². The molecule has 2 amide bonds. The number of nitrogens with zero attached hydrogens (tertiary/aromatic N) is 1. The lowest BCUT2D eigenvalue weighted by atomic mass is 10.1. The second-order valence-corrected chi connectivity index (χ2v) is 4.05. The fourth-order valence-electron chi connectivity index (χ4n) is 1.49. The first-order valence-corrected chi connectivity index (χ1v) is 5.76. The first-order chi connectivity index (χ1) is 9.43. The van der Waals surface area contributed by atoms with Crippen LogP contribution >= 0.6 is 0 Å². The van der Waals surface area contributed by atoms with Crippen molar-refractivity contribution in [3.05, 3.63) is 35.4 Å². The van der Waals surface area contributed by atoms with Crippen LogP contribution in [-0.4, -0.2) is 28.9 Å². The fourth-order valence-corrected chi connectivity index (χ4v) is 1.49. The minimum atomic E-state index is -1.08. The Kier molecular flexibility index (Phi) is 5.23. The Labute approximate surface area is 115 Å². The number of nitrogens with one attached hydrogen (secondary N) is 1. The first kappa shape index (κ1) is 15.2. The molecule has 0 aliphatic rings. The van der Waals surface area contributed by atoms with Crippen LogP contribution in [0.1, 0.15) is 28.8 Å². The molecule has 0 aliphatic heterocycles. The Morgan fingerprint density at radius 3 is 2.35 bits per heavy atom. The van der Waals surface area contributed by atoms with Crippen LogP contribution < -0.4 is 11.1 Å². The predicted octanol–water partition coefficient (Wildman–Crippen LogP) is 0.00678. The number of nitriles is 1. The quantitative estimate of drug-likeness (QED) is 0.672. The highest BCUT2D eigenvalue weighted by molar-refractivity contribution is 5.97. The molecule has 0 heterocycles. The van der Waals surface area contributed by atoms with Crippen molar-refractivity contribution >= 4 is 17.8 Å². The van der Waals surface area contributed by atoms with Gasteiger partial charge < -0.3 is 16.2 Å². The van der Waals surface area contributed by atoms with E-state index >= 15 is 0 Å². The van der Waals surface area contributed by atoms with E-state index in [-0.39, 0.29) is 18.4 Å². The summed E-state index contributed by atoms with van der Waals surface area (Å²) in [5.41, 5.74) is 5.76. The molecular formula is C13H13N3O4. The molecule has 0 radical (unpaired) electrons. The van der Waals surface area contributed by atoms with E-state index in [0.29, 0.717) is 5.56 Å². The lowest BCUT2D eigenvalue weighted by Gasteiger charge is -2.14. The van der Waals surface area contributed by atoms with Gasteiger partial charge in [-0.1, -0.05) is 0 Å². The summed E-state index contributed by atoms with van der Waals surface area (Å²) < 4.78 is 0. The van der Waals surface area contributed by atoms with Gasteiger partial charge in [-0.2, -0.15) is 5.26 Å². The highest BCUT2D eigenvalue weighted by Gasteiger charge is 2.19. The van der Waals surface area contributed by atoms with E-state index in [1.165, 1.54) is 24.3 Å². The minimum Gasteiger partial charge on any atom is -0.481 e. The molecule has 4 N–H and O–H groups in total. The third-order valence-electron chi connectivity index (χ3n) is 2.57. The summed E-state index contributed by atoms with van der Waals surface area (Å²) in [6, 6.07) is 6.66. The molecule has 0 unspecified atom stereocenters. The SMILES string of the molecule is N#Cc1ccc(C(=O)N[C@@H](CCC(=O)O)C(N)=O)cc1. The topological polar surface area (TPSA) is 133 Å². The summed E-state index contributed by atoms with van der Waals surface area (Å²) >= 11 is 0. The van der Waals surface area contributed by atoms with Crippen molar-refractivity contribution < 1.29 is 19.5 Å². The number of primary amides is 1. The molecule has 0 aromatic heterocycles. The summed E-state index contributed by atoms with van der Waals surface area (Å²) in [7, 11) is 0. The maximum atomic E-state index is 11.9. The van der Waals surface area contributed by atoms with Crippen LogP contribution in [0, 0.1) is 11.3 Å². The van der Waals surface area contributed by atoms with E-state index < -0.39 is 23.8 Å². The number of nitrogens with two attached hydrogens (primary N) is 1. The normalized spacial score (nSPS) is 11.2. The highest BCUT2D eigenvalue weighted by atomic mass is 16.4. The zero-order valence-corrected chi connectivity index (χ0v) is 10.5. The summed E-state index contributed by atoms with van der Waals surface area (Å²) in [5.74, 6) is -2.43. The molecule has 0 bridgehead atoms. The number of hydrogen-bond donors (Lipinski definition) is 3. The number of carbonyl (C=O) groups excluding carboxylic acids is 2. The zero-order chi connectivity index (χ0) is 15.1. The van der Waals surface area contributed by atoms with E-state index in [9.17, 15) is 14.4 Å². The number of rotatable bonds is 6. The van der Waals surface area contributed by atoms with Crippen molar-refractivity contribution in [3.8, 4) is 6.07 Å². The van der Waals surface area contributed by atoms with Crippen molar-refractivity contribution in [2.24, 2.45) is 5.73 Å². The molecule has 0 saturated carbocycles. The van der Waals surface area contributed by atoms with E-state index in [1.807, 2.05) is 6.07 Å². The number of hydrogen-bond acceptors (Lipinski definition) is 4. The Bertz CT molecular complexity index is 560. The number of carboxylic acids is 1. The smallest absolute Gasteiger partial charge is 0.303 e. The van der Waals surface area contributed by atoms with E-state index in [0.717, 1.165) is 0 Å². The van der Waals surface area contributed by atoms with Gasteiger partial charge in [-0.3, -0.25) is 14.4 Å². The zero-order valence-electron chi connectivity index (χ0n) is 10.5. The second kappa shape index (κ2) is 6.89. The number of amides is 2. The third kappa shape index (κ3) is 4.42. The summed E-state index contributed by atoms with van der Waals surface area (Å²) in [6.07, 6.45) is -0.353. The van der Waals surface area contributed by atoms with Crippen molar-refractivity contribution in [2.75, 3.05) is 0 Å². The standard InChI is InChI=1S/C13H13N3O4/c14-7-8-1-3-9(4-2-8)13(20)16-10(12(15)19)5-6-11(17)18/h1-4,10H,5-6H2,(H2,15,19)(H,16,20)(H,17,18)/t10-/m0/s1. The molecule has 1 atom stereocenters. The Hall–Kier alpha value is -2.88. The number of benzene rings is 1. The van der Waals surface area contributed by atoms with Crippen molar-refractivity contribution in [1.29, 1.82) is 5.26 Å². The number of aliphatic carboxylic acids is 1. The molecule has 7 heteroatoms. The molecule has 0 fully saturated rings. The van der Waals surface area contributed by atoms with Gasteiger partial charge in [-0.15, -0.1) is 0 Å². The molecule has 104 valence electrons. The second-order valence-electron chi connectivity index (χ2n) is 4.05. The van der Waals surface area contributed by atoms with Crippen LogP contribution in [0.2, 0.25) is 0 Å². The van der Waals surface area contributed by atoms with Gasteiger partial charge in [-0.25, -0.2) is 0 Å². The molecule has 0 spiro atoms. The van der Waals surface area contributed by atoms with Gasteiger partial charge in [0.05, 0.1) is 11.6 Å². The maximum Gasteiger partial charge on any atom is 0.303 e. The van der Waals surface area contributed by atoms with Gasteiger partial charge in [0.1, 0.15) is 6.04 Å². The average molecular weight is 275 g/mol. The Morgan fingerprint density at radius 1 is 1.30 bits per heavy atom. The molecule has 1 aromatic rings. The van der Waals surface area contributed by atoms with Gasteiger partial charge in [0.15, 0.2) is 0 Å². The predicted molar refractivity (Wildman–Crippen MR) is 68.5 cm³/mol. The van der Waals surface area contributed by atoms with Crippen LogP contribution in [0.15, 0.2) is 24.3 Å². The third-order valence-corrected chi connectivity index (χ3v) is 2.57. The molecular weight excluding hydrogens is 262 g/mol. The molecule has 20 heavy (non-hydrogen) atoms. The van der Waals surface area contributed by atoms with Crippen LogP contribution in [0.25, 0.3) is 0 Å². The summed E-state index contributed by atoms with van der Waals surface area (Å²) in [5, 5.41) is 19.6. The van der Waals surface area contributed by atoms with Gasteiger partial charge in [0.2, 0.25) is 5.91 Å². The van der Waals surface area contributed by atoms with Crippen molar-refractivity contribution in [2.45, 2.75) is 18.9 Å². The molecule has 1 rings (SSSR count). The molecule has 7 nitrogen and oxygen atoms in total. The molecule has 0 aliphatic carbocycles. The first-order valence-electron chi connectivity index (χ1n) is 5.76. The van der Waals surface area contributed by atoms with Crippen molar-refractivity contribution in [3.63, 3.8) is 0 Å². The maximum absolute atomic E-state index is 11.9. The minimum absolute atomic E-state index is 0.0767. The largest absolute Gasteiger partial charge is 0.481 e. The van der Waals surface area contributed by atoms with Crippen LogP contribution in [0.4, 0.5) is 0 Å². The van der Waals surface area contributed by atoms with Gasteiger partial charge in [-0.05, 0) is 30.7 Å². The fraction of sp³-hybridized carbons (Fsp3) is 0.231. The molecule has 1 aromatic carbocycles. The summed E-state index contributed by atoms with van der Waals surface area (Å²) in [4.78, 5) is 33.5. The van der Waals surface area contributed by atoms with Crippen molar-refractivity contribution in [1.82, 2.24) is 5.32 Å². The van der Waals surface area contributed by atoms with E-state index in [2.05, 4.69) is 5.32 Å². The lowest BCUT2D eigenvalue weighted by Crippen LogP contribution is -2.44. The van der Waals surface area contributed by atoms with E-state index in [1.54, 1.807) is 0 Å². The Morgan fingerprint density at radius 2 is 1.90 bits per heavy atom. The Balaban J connectivity index is 2.72. The van der Waals surface area contributed by atoms with Gasteiger partial charge >= 0.3 is 5.97 Å². The van der Waals surface area contributed by atoms with Gasteiger partial charge in [0, 0.05) is 12.0 Å². The monoisotopic (exact) mass is 275 g/mol. The molecule has 0 saturated heterocycles.